The van der Waals surface area contributed by atoms with E-state index in [-0.39, 0.29) is 11.5 Å². The summed E-state index contributed by atoms with van der Waals surface area (Å²) in [5.74, 6) is 0.217. The van der Waals surface area contributed by atoms with E-state index in [4.69, 9.17) is 0 Å². The molecule has 2 rings (SSSR count). The normalized spacial score (nSPS) is 11.0. The topological polar surface area (TPSA) is 58.4 Å². The van der Waals surface area contributed by atoms with Crippen molar-refractivity contribution >= 4 is 5.78 Å². The summed E-state index contributed by atoms with van der Waals surface area (Å²) in [4.78, 5) is 13.4. The molecule has 20 heavy (non-hydrogen) atoms. The lowest BCUT2D eigenvalue weighted by Crippen LogP contribution is -2.17. The highest BCUT2D eigenvalue weighted by Gasteiger charge is 2.09. The molecule has 1 N–H and O–H groups in total. The molecule has 0 saturated carbocycles. The third-order valence-corrected chi connectivity index (χ3v) is 3.14. The molecule has 5 heteroatoms. The fraction of sp³-hybridized carbons (Fsp3) is 0.333. The van der Waals surface area contributed by atoms with Crippen LogP contribution in [0.25, 0.3) is 0 Å². The van der Waals surface area contributed by atoms with E-state index in [1.165, 1.54) is 6.92 Å². The molecule has 1 aromatic heterocycles. The molecule has 0 radical (unpaired) electrons. The van der Waals surface area contributed by atoms with Gasteiger partial charge in [0.2, 0.25) is 0 Å². The van der Waals surface area contributed by atoms with Gasteiger partial charge in [0.1, 0.15) is 5.75 Å². The van der Waals surface area contributed by atoms with Gasteiger partial charge in [-0.2, -0.15) is 5.10 Å². The van der Waals surface area contributed by atoms with Crippen LogP contribution in [0.3, 0.4) is 0 Å². The molecule has 1 heterocycles. The molecule has 0 bridgehead atoms. The molecule has 0 unspecified atom stereocenters. The molecule has 0 atom stereocenters. The number of hydrogen-bond donors (Lipinski definition) is 1. The van der Waals surface area contributed by atoms with Crippen molar-refractivity contribution in [1.82, 2.24) is 14.7 Å². The lowest BCUT2D eigenvalue weighted by Gasteiger charge is -2.17. The number of phenolic OH excluding ortho intramolecular Hbond substituents is 1. The monoisotopic (exact) mass is 273 g/mol. The first-order valence-electron chi connectivity index (χ1n) is 6.44. The average molecular weight is 273 g/mol. The molecule has 0 spiro atoms. The Morgan fingerprint density at radius 1 is 1.40 bits per heavy atom. The van der Waals surface area contributed by atoms with Crippen LogP contribution in [0.15, 0.2) is 30.6 Å². The highest BCUT2D eigenvalue weighted by Crippen LogP contribution is 2.21. The quantitative estimate of drug-likeness (QED) is 0.846. The van der Waals surface area contributed by atoms with Gasteiger partial charge >= 0.3 is 0 Å². The van der Waals surface area contributed by atoms with Gasteiger partial charge in [0, 0.05) is 43.0 Å². The van der Waals surface area contributed by atoms with E-state index in [2.05, 4.69) is 10.00 Å². The van der Waals surface area contributed by atoms with E-state index in [0.717, 1.165) is 17.7 Å². The molecular formula is C15H19N3O2. The largest absolute Gasteiger partial charge is 0.508 e. The third kappa shape index (κ3) is 3.45. The summed E-state index contributed by atoms with van der Waals surface area (Å²) in [5.41, 5.74) is 2.48. The van der Waals surface area contributed by atoms with Gasteiger partial charge in [-0.25, -0.2) is 0 Å². The molecule has 2 aromatic rings. The minimum atomic E-state index is 0.00108. The van der Waals surface area contributed by atoms with Gasteiger partial charge in [-0.1, -0.05) is 0 Å². The number of rotatable bonds is 5. The van der Waals surface area contributed by atoms with E-state index in [9.17, 15) is 9.90 Å². The standard InChI is InChI=1S/C15H19N3O2/c1-11(19)13-4-5-15(20)14(6-13)10-17(2)8-12-7-16-18(3)9-12/h4-7,9,20H,8,10H2,1-3H3. The van der Waals surface area contributed by atoms with Crippen molar-refractivity contribution in [1.29, 1.82) is 0 Å². The number of aromatic hydroxyl groups is 1. The predicted octanol–water partition coefficient (Wildman–Crippen LogP) is 1.96. The lowest BCUT2D eigenvalue weighted by atomic mass is 10.1. The number of benzene rings is 1. The average Bonchev–Trinajstić information content (AvgIpc) is 2.77. The molecule has 1 aromatic carbocycles. The zero-order valence-electron chi connectivity index (χ0n) is 12.0. The van der Waals surface area contributed by atoms with Crippen molar-refractivity contribution in [2.45, 2.75) is 20.0 Å². The highest BCUT2D eigenvalue weighted by atomic mass is 16.3. The maximum atomic E-state index is 11.4. The zero-order chi connectivity index (χ0) is 14.7. The van der Waals surface area contributed by atoms with Crippen LogP contribution in [0.4, 0.5) is 0 Å². The van der Waals surface area contributed by atoms with Gasteiger partial charge in [-0.15, -0.1) is 0 Å². The summed E-state index contributed by atoms with van der Waals surface area (Å²) in [5, 5.41) is 14.0. The zero-order valence-corrected chi connectivity index (χ0v) is 12.0. The number of nitrogens with zero attached hydrogens (tertiary/aromatic N) is 3. The molecule has 106 valence electrons. The van der Waals surface area contributed by atoms with E-state index < -0.39 is 0 Å². The number of aromatic nitrogens is 2. The van der Waals surface area contributed by atoms with Gasteiger partial charge in [0.25, 0.3) is 0 Å². The van der Waals surface area contributed by atoms with Crippen molar-refractivity contribution in [2.24, 2.45) is 7.05 Å². The number of Topliss-reactive ketones (excluding diaryl/α,β-unsaturated/α-hetero) is 1. The van der Waals surface area contributed by atoms with Crippen LogP contribution in [-0.4, -0.2) is 32.6 Å². The fourth-order valence-corrected chi connectivity index (χ4v) is 2.14. The fourth-order valence-electron chi connectivity index (χ4n) is 2.14. The summed E-state index contributed by atoms with van der Waals surface area (Å²) >= 11 is 0. The molecule has 5 nitrogen and oxygen atoms in total. The Kier molecular flexibility index (Phi) is 4.20. The Labute approximate surface area is 118 Å². The van der Waals surface area contributed by atoms with E-state index in [1.54, 1.807) is 22.9 Å². The van der Waals surface area contributed by atoms with Gasteiger partial charge in [-0.05, 0) is 32.2 Å². The first kappa shape index (κ1) is 14.3. The van der Waals surface area contributed by atoms with Crippen LogP contribution in [0, 0.1) is 0 Å². The predicted molar refractivity (Wildman–Crippen MR) is 76.5 cm³/mol. The Bertz CT molecular complexity index is 619. The van der Waals surface area contributed by atoms with Crippen LogP contribution < -0.4 is 0 Å². The molecule has 0 aliphatic heterocycles. The van der Waals surface area contributed by atoms with Crippen molar-refractivity contribution in [3.63, 3.8) is 0 Å². The Morgan fingerprint density at radius 3 is 2.75 bits per heavy atom. The smallest absolute Gasteiger partial charge is 0.159 e. The second-order valence-electron chi connectivity index (χ2n) is 5.09. The first-order chi connectivity index (χ1) is 9.45. The molecule has 0 aliphatic carbocycles. The maximum Gasteiger partial charge on any atom is 0.159 e. The van der Waals surface area contributed by atoms with Crippen molar-refractivity contribution in [3.05, 3.63) is 47.3 Å². The number of ketones is 1. The number of carbonyl (C=O) groups is 1. The van der Waals surface area contributed by atoms with Gasteiger partial charge < -0.3 is 5.11 Å². The maximum absolute atomic E-state index is 11.4. The van der Waals surface area contributed by atoms with Crippen LogP contribution in [0.1, 0.15) is 28.4 Å². The van der Waals surface area contributed by atoms with Crippen LogP contribution in [0.5, 0.6) is 5.75 Å². The molecule has 0 fully saturated rings. The Morgan fingerprint density at radius 2 is 2.15 bits per heavy atom. The van der Waals surface area contributed by atoms with Crippen LogP contribution in [0.2, 0.25) is 0 Å². The minimum absolute atomic E-state index is 0.00108. The van der Waals surface area contributed by atoms with Crippen molar-refractivity contribution < 1.29 is 9.90 Å². The van der Waals surface area contributed by atoms with Crippen LogP contribution >= 0.6 is 0 Å². The third-order valence-electron chi connectivity index (χ3n) is 3.14. The first-order valence-corrected chi connectivity index (χ1v) is 6.44. The Balaban J connectivity index is 2.08. The van der Waals surface area contributed by atoms with Crippen molar-refractivity contribution in [2.75, 3.05) is 7.05 Å². The number of hydrogen-bond acceptors (Lipinski definition) is 4. The second kappa shape index (κ2) is 5.88. The van der Waals surface area contributed by atoms with E-state index in [1.807, 2.05) is 26.5 Å². The Hall–Kier alpha value is -2.14. The van der Waals surface area contributed by atoms with Gasteiger partial charge in [-0.3, -0.25) is 14.4 Å². The number of phenols is 1. The summed E-state index contributed by atoms with van der Waals surface area (Å²) in [7, 11) is 3.85. The van der Waals surface area contributed by atoms with E-state index in [0.29, 0.717) is 12.1 Å². The molecule has 0 aliphatic rings. The number of carbonyl (C=O) groups excluding carboxylic acids is 1. The lowest BCUT2D eigenvalue weighted by molar-refractivity contribution is 0.101. The summed E-state index contributed by atoms with van der Waals surface area (Å²) in [6.45, 7) is 2.83. The van der Waals surface area contributed by atoms with Gasteiger partial charge in [0.15, 0.2) is 5.78 Å². The highest BCUT2D eigenvalue weighted by molar-refractivity contribution is 5.94. The van der Waals surface area contributed by atoms with Crippen molar-refractivity contribution in [3.8, 4) is 5.75 Å². The minimum Gasteiger partial charge on any atom is -0.508 e. The SMILES string of the molecule is CC(=O)c1ccc(O)c(CN(C)Cc2cnn(C)c2)c1. The van der Waals surface area contributed by atoms with Crippen LogP contribution in [-0.2, 0) is 20.1 Å². The van der Waals surface area contributed by atoms with Gasteiger partial charge in [0.05, 0.1) is 6.20 Å². The van der Waals surface area contributed by atoms with E-state index >= 15 is 0 Å². The second-order valence-corrected chi connectivity index (χ2v) is 5.09. The number of aryl methyl sites for hydroxylation is 1. The summed E-state index contributed by atoms with van der Waals surface area (Å²) in [6.07, 6.45) is 3.78. The molecule has 0 saturated heterocycles. The molecule has 0 amide bonds. The molecular weight excluding hydrogens is 254 g/mol. The summed E-state index contributed by atoms with van der Waals surface area (Å²) in [6, 6.07) is 4.96. The summed E-state index contributed by atoms with van der Waals surface area (Å²) < 4.78 is 1.76.